The zero-order valence-corrected chi connectivity index (χ0v) is 9.61. The summed E-state index contributed by atoms with van der Waals surface area (Å²) in [4.78, 5) is 0. The Morgan fingerprint density at radius 1 is 1.07 bits per heavy atom. The van der Waals surface area contributed by atoms with Crippen LogP contribution in [0.4, 0.5) is 0 Å². The second-order valence-electron chi connectivity index (χ2n) is 3.95. The molecule has 0 atom stereocenters. The predicted molar refractivity (Wildman–Crippen MR) is 62.8 cm³/mol. The van der Waals surface area contributed by atoms with Crippen LogP contribution < -0.4 is 0 Å². The van der Waals surface area contributed by atoms with Crippen LogP contribution in [0.1, 0.15) is 32.1 Å². The number of alkyl halides is 2. The molecule has 2 bridgehead atoms. The van der Waals surface area contributed by atoms with Gasteiger partial charge in [0.25, 0.3) is 0 Å². The topological polar surface area (TPSA) is 0 Å². The molecule has 0 saturated carbocycles. The highest BCUT2D eigenvalue weighted by atomic mass is 35.5. The van der Waals surface area contributed by atoms with E-state index in [4.69, 9.17) is 23.2 Å². The Labute approximate surface area is 95.3 Å². The second kappa shape index (κ2) is 4.12. The molecule has 0 aliphatic heterocycles. The Hall–Kier alpha value is -0.200. The van der Waals surface area contributed by atoms with Gasteiger partial charge in [-0.1, -0.05) is 47.9 Å². The smallest absolute Gasteiger partial charge is 0.0919 e. The molecule has 0 saturated heterocycles. The van der Waals surface area contributed by atoms with E-state index in [0.29, 0.717) is 0 Å². The Bertz CT molecular complexity index is 308. The van der Waals surface area contributed by atoms with E-state index in [1.807, 2.05) is 6.08 Å². The van der Waals surface area contributed by atoms with Crippen LogP contribution in [0.2, 0.25) is 0 Å². The lowest BCUT2D eigenvalue weighted by Gasteiger charge is -2.18. The molecule has 0 unspecified atom stereocenters. The summed E-state index contributed by atoms with van der Waals surface area (Å²) in [6.45, 7) is 0. The summed E-state index contributed by atoms with van der Waals surface area (Å²) >= 11 is 12.6. The summed E-state index contributed by atoms with van der Waals surface area (Å²) in [5.74, 6) is 0. The lowest BCUT2D eigenvalue weighted by molar-refractivity contribution is 0.678. The van der Waals surface area contributed by atoms with E-state index in [2.05, 4.69) is 18.2 Å². The highest BCUT2D eigenvalue weighted by molar-refractivity contribution is 6.52. The minimum atomic E-state index is -0.775. The van der Waals surface area contributed by atoms with E-state index < -0.39 is 4.33 Å². The molecule has 0 aromatic rings. The van der Waals surface area contributed by atoms with Crippen molar-refractivity contribution in [3.63, 3.8) is 0 Å². The van der Waals surface area contributed by atoms with E-state index in [1.165, 1.54) is 24.8 Å². The van der Waals surface area contributed by atoms with E-state index in [0.717, 1.165) is 18.4 Å². The molecule has 0 heterocycles. The molecule has 2 rings (SSSR count). The van der Waals surface area contributed by atoms with Crippen LogP contribution in [0, 0.1) is 0 Å². The Morgan fingerprint density at radius 2 is 1.86 bits per heavy atom. The fourth-order valence-corrected chi connectivity index (χ4v) is 2.59. The molecule has 0 aromatic carbocycles. The Kier molecular flexibility index (Phi) is 3.04. The van der Waals surface area contributed by atoms with E-state index in [1.54, 1.807) is 0 Å². The van der Waals surface area contributed by atoms with Crippen molar-refractivity contribution >= 4 is 23.2 Å². The second-order valence-corrected chi connectivity index (χ2v) is 5.34. The number of rotatable bonds is 0. The average Bonchev–Trinajstić information content (AvgIpc) is 2.22. The maximum absolute atomic E-state index is 6.30. The monoisotopic (exact) mass is 228 g/mol. The van der Waals surface area contributed by atoms with Gasteiger partial charge in [0.1, 0.15) is 0 Å². The summed E-state index contributed by atoms with van der Waals surface area (Å²) in [5.41, 5.74) is 2.40. The standard InChI is InChI=1S/C12H14Cl2/c13-12(14)9-10-5-2-1-3-7-11(12)8-4-6-10/h4,6,8-9H,1-3,5,7H2. The summed E-state index contributed by atoms with van der Waals surface area (Å²) in [6, 6.07) is 0. The molecule has 0 amide bonds. The summed E-state index contributed by atoms with van der Waals surface area (Å²) < 4.78 is -0.775. The number of allylic oxidation sites excluding steroid dienone is 6. The number of hydrogen-bond acceptors (Lipinski definition) is 0. The quantitative estimate of drug-likeness (QED) is 0.534. The molecule has 0 spiro atoms. The fourth-order valence-electron chi connectivity index (χ4n) is 2.00. The summed E-state index contributed by atoms with van der Waals surface area (Å²) in [5, 5.41) is 0. The van der Waals surface area contributed by atoms with Gasteiger partial charge in [-0.05, 0) is 42.9 Å². The van der Waals surface area contributed by atoms with Crippen LogP contribution in [0.5, 0.6) is 0 Å². The Morgan fingerprint density at radius 3 is 2.71 bits per heavy atom. The fraction of sp³-hybridized carbons (Fsp3) is 0.500. The summed E-state index contributed by atoms with van der Waals surface area (Å²) in [7, 11) is 0. The molecule has 0 fully saturated rings. The van der Waals surface area contributed by atoms with Crippen LogP contribution in [-0.4, -0.2) is 4.33 Å². The van der Waals surface area contributed by atoms with Gasteiger partial charge in [0, 0.05) is 0 Å². The molecule has 14 heavy (non-hydrogen) atoms. The van der Waals surface area contributed by atoms with Crippen LogP contribution in [0.25, 0.3) is 0 Å². The van der Waals surface area contributed by atoms with Crippen molar-refractivity contribution in [3.8, 4) is 0 Å². The van der Waals surface area contributed by atoms with Gasteiger partial charge < -0.3 is 0 Å². The van der Waals surface area contributed by atoms with Gasteiger partial charge in [0.05, 0.1) is 0 Å². The third-order valence-electron chi connectivity index (χ3n) is 2.81. The van der Waals surface area contributed by atoms with Crippen molar-refractivity contribution in [2.75, 3.05) is 0 Å². The van der Waals surface area contributed by atoms with Crippen LogP contribution >= 0.6 is 23.2 Å². The van der Waals surface area contributed by atoms with E-state index in [-0.39, 0.29) is 0 Å². The van der Waals surface area contributed by atoms with Crippen LogP contribution in [-0.2, 0) is 0 Å². The van der Waals surface area contributed by atoms with Gasteiger partial charge in [-0.25, -0.2) is 0 Å². The van der Waals surface area contributed by atoms with Crippen molar-refractivity contribution < 1.29 is 0 Å². The maximum Gasteiger partial charge on any atom is 0.158 e. The van der Waals surface area contributed by atoms with E-state index >= 15 is 0 Å². The molecule has 2 heteroatoms. The number of hydrogen-bond donors (Lipinski definition) is 0. The van der Waals surface area contributed by atoms with Gasteiger partial charge in [-0.2, -0.15) is 0 Å². The van der Waals surface area contributed by atoms with Crippen LogP contribution in [0.15, 0.2) is 35.5 Å². The number of fused-ring (bicyclic) bond motifs is 2. The van der Waals surface area contributed by atoms with Gasteiger partial charge in [0.2, 0.25) is 0 Å². The number of halogens is 2. The summed E-state index contributed by atoms with van der Waals surface area (Å²) in [6.07, 6.45) is 14.1. The first-order chi connectivity index (χ1) is 6.68. The predicted octanol–water partition coefficient (Wildman–Crippen LogP) is 4.55. The van der Waals surface area contributed by atoms with Gasteiger partial charge in [-0.3, -0.25) is 0 Å². The van der Waals surface area contributed by atoms with Crippen molar-refractivity contribution in [2.24, 2.45) is 0 Å². The molecule has 2 aliphatic carbocycles. The largest absolute Gasteiger partial charge is 0.158 e. The normalized spacial score (nSPS) is 25.6. The van der Waals surface area contributed by atoms with E-state index in [9.17, 15) is 0 Å². The third-order valence-corrected chi connectivity index (χ3v) is 3.52. The lowest BCUT2D eigenvalue weighted by Crippen LogP contribution is -2.12. The Balaban J connectivity index is 2.37. The van der Waals surface area contributed by atoms with Gasteiger partial charge in [-0.15, -0.1) is 0 Å². The molecule has 76 valence electrons. The third kappa shape index (κ3) is 2.24. The minimum absolute atomic E-state index is 0.775. The zero-order chi connectivity index (χ0) is 10.0. The molecular weight excluding hydrogens is 215 g/mol. The highest BCUT2D eigenvalue weighted by Gasteiger charge is 2.27. The van der Waals surface area contributed by atoms with Crippen molar-refractivity contribution in [1.82, 2.24) is 0 Å². The van der Waals surface area contributed by atoms with Crippen LogP contribution in [0.3, 0.4) is 0 Å². The first kappa shape index (κ1) is 10.3. The molecular formula is C12H14Cl2. The molecule has 0 radical (unpaired) electrons. The van der Waals surface area contributed by atoms with Gasteiger partial charge >= 0.3 is 0 Å². The molecule has 0 aromatic heterocycles. The average molecular weight is 229 g/mol. The zero-order valence-electron chi connectivity index (χ0n) is 8.10. The first-order valence-electron chi connectivity index (χ1n) is 5.16. The maximum atomic E-state index is 6.30. The van der Waals surface area contributed by atoms with Crippen molar-refractivity contribution in [2.45, 2.75) is 36.4 Å². The molecule has 0 N–H and O–H groups in total. The SMILES string of the molecule is ClC1(Cl)C=C2C=CC=C1CCCCC2. The minimum Gasteiger partial charge on any atom is -0.0919 e. The lowest BCUT2D eigenvalue weighted by atomic mass is 10.0. The molecule has 2 aliphatic rings. The van der Waals surface area contributed by atoms with Crippen molar-refractivity contribution in [3.05, 3.63) is 35.5 Å². The molecule has 0 nitrogen and oxygen atoms in total. The highest BCUT2D eigenvalue weighted by Crippen LogP contribution is 2.39. The van der Waals surface area contributed by atoms with Crippen molar-refractivity contribution in [1.29, 1.82) is 0 Å². The first-order valence-corrected chi connectivity index (χ1v) is 5.91. The van der Waals surface area contributed by atoms with Gasteiger partial charge in [0.15, 0.2) is 4.33 Å².